The van der Waals surface area contributed by atoms with Crippen LogP contribution < -0.4 is 10.2 Å². The molecule has 1 aromatic rings. The first kappa shape index (κ1) is 17.4. The monoisotopic (exact) mass is 343 g/mol. The van der Waals surface area contributed by atoms with Gasteiger partial charge in [-0.15, -0.1) is 10.2 Å². The average molecular weight is 343 g/mol. The van der Waals surface area contributed by atoms with Crippen molar-refractivity contribution in [2.45, 2.75) is 32.1 Å². The summed E-state index contributed by atoms with van der Waals surface area (Å²) >= 11 is 0. The first-order valence-corrected chi connectivity index (χ1v) is 9.00. The standard InChI is InChI=1S/C18H25N5O2/c24-14-22-10-12-23(13-11-22)17-7-6-16(20-21-17)18(25)19-9-8-15-4-2-1-3-5-15/h4,6-7,14H,1-3,5,8-13H2,(H,19,25). The van der Waals surface area contributed by atoms with Crippen LogP contribution >= 0.6 is 0 Å². The molecular weight excluding hydrogens is 318 g/mol. The van der Waals surface area contributed by atoms with Crippen LogP contribution in [0.2, 0.25) is 0 Å². The Hall–Kier alpha value is -2.44. The summed E-state index contributed by atoms with van der Waals surface area (Å²) in [5.41, 5.74) is 1.79. The lowest BCUT2D eigenvalue weighted by molar-refractivity contribution is -0.118. The van der Waals surface area contributed by atoms with Crippen molar-refractivity contribution in [1.29, 1.82) is 0 Å². The Kier molecular flexibility index (Phi) is 5.98. The molecule has 0 radical (unpaired) electrons. The number of anilines is 1. The number of aromatic nitrogens is 2. The number of hydrogen-bond acceptors (Lipinski definition) is 5. The molecule has 7 nitrogen and oxygen atoms in total. The number of carbonyl (C=O) groups excluding carboxylic acids is 2. The van der Waals surface area contributed by atoms with E-state index in [9.17, 15) is 9.59 Å². The second-order valence-electron chi connectivity index (χ2n) is 6.52. The quantitative estimate of drug-likeness (QED) is 0.623. The molecule has 0 aromatic carbocycles. The highest BCUT2D eigenvalue weighted by Gasteiger charge is 2.17. The molecule has 7 heteroatoms. The van der Waals surface area contributed by atoms with Crippen molar-refractivity contribution in [3.8, 4) is 0 Å². The molecule has 1 fully saturated rings. The Morgan fingerprint density at radius 3 is 2.64 bits per heavy atom. The van der Waals surface area contributed by atoms with Crippen molar-refractivity contribution in [3.05, 3.63) is 29.5 Å². The normalized spacial score (nSPS) is 17.8. The number of carbonyl (C=O) groups is 2. The molecule has 1 aliphatic heterocycles. The minimum atomic E-state index is -0.179. The lowest BCUT2D eigenvalue weighted by Gasteiger charge is -2.32. The van der Waals surface area contributed by atoms with Gasteiger partial charge >= 0.3 is 0 Å². The molecule has 0 spiro atoms. The van der Waals surface area contributed by atoms with Crippen LogP contribution in [0, 0.1) is 0 Å². The summed E-state index contributed by atoms with van der Waals surface area (Å²) in [6.07, 6.45) is 8.95. The van der Waals surface area contributed by atoms with Gasteiger partial charge in [-0.25, -0.2) is 0 Å². The van der Waals surface area contributed by atoms with E-state index in [0.717, 1.165) is 44.6 Å². The van der Waals surface area contributed by atoms with Gasteiger partial charge in [0.1, 0.15) is 0 Å². The van der Waals surface area contributed by atoms with Gasteiger partial charge in [-0.3, -0.25) is 9.59 Å². The van der Waals surface area contributed by atoms with Gasteiger partial charge in [0, 0.05) is 32.7 Å². The van der Waals surface area contributed by atoms with Crippen LogP contribution in [0.4, 0.5) is 5.82 Å². The molecule has 3 rings (SSSR count). The highest BCUT2D eigenvalue weighted by atomic mass is 16.2. The largest absolute Gasteiger partial charge is 0.352 e. The van der Waals surface area contributed by atoms with E-state index in [1.54, 1.807) is 11.0 Å². The molecule has 134 valence electrons. The second kappa shape index (κ2) is 8.60. The number of hydrogen-bond donors (Lipinski definition) is 1. The minimum absolute atomic E-state index is 0.179. The first-order valence-electron chi connectivity index (χ1n) is 9.00. The first-order chi connectivity index (χ1) is 12.3. The lowest BCUT2D eigenvalue weighted by Crippen LogP contribution is -2.46. The molecule has 1 aromatic heterocycles. The van der Waals surface area contributed by atoms with E-state index < -0.39 is 0 Å². The van der Waals surface area contributed by atoms with Gasteiger partial charge in [-0.05, 0) is 44.2 Å². The Balaban J connectivity index is 1.47. The molecule has 1 N–H and O–H groups in total. The zero-order valence-corrected chi connectivity index (χ0v) is 14.5. The predicted octanol–water partition coefficient (Wildman–Crippen LogP) is 1.38. The lowest BCUT2D eigenvalue weighted by atomic mass is 9.97. The summed E-state index contributed by atoms with van der Waals surface area (Å²) in [7, 11) is 0. The summed E-state index contributed by atoms with van der Waals surface area (Å²) in [6.45, 7) is 3.47. The van der Waals surface area contributed by atoms with Crippen LogP contribution in [0.15, 0.2) is 23.8 Å². The van der Waals surface area contributed by atoms with Crippen molar-refractivity contribution in [1.82, 2.24) is 20.4 Å². The van der Waals surface area contributed by atoms with Crippen LogP contribution in [0.3, 0.4) is 0 Å². The molecule has 1 aliphatic carbocycles. The number of allylic oxidation sites excluding steroid dienone is 1. The fraction of sp³-hybridized carbons (Fsp3) is 0.556. The van der Waals surface area contributed by atoms with E-state index >= 15 is 0 Å². The number of rotatable bonds is 6. The number of nitrogens with one attached hydrogen (secondary N) is 1. The van der Waals surface area contributed by atoms with Crippen molar-refractivity contribution in [2.75, 3.05) is 37.6 Å². The molecular formula is C18H25N5O2. The van der Waals surface area contributed by atoms with Gasteiger partial charge in [0.15, 0.2) is 11.5 Å². The maximum atomic E-state index is 12.2. The summed E-state index contributed by atoms with van der Waals surface area (Å²) in [5.74, 6) is 0.565. The van der Waals surface area contributed by atoms with Gasteiger partial charge in [-0.1, -0.05) is 11.6 Å². The van der Waals surface area contributed by atoms with E-state index in [1.807, 2.05) is 6.07 Å². The van der Waals surface area contributed by atoms with E-state index in [4.69, 9.17) is 0 Å². The van der Waals surface area contributed by atoms with Gasteiger partial charge in [0.25, 0.3) is 5.91 Å². The van der Waals surface area contributed by atoms with E-state index in [0.29, 0.717) is 25.3 Å². The third-order valence-corrected chi connectivity index (χ3v) is 4.79. The highest BCUT2D eigenvalue weighted by molar-refractivity contribution is 5.92. The van der Waals surface area contributed by atoms with E-state index in [-0.39, 0.29) is 5.91 Å². The molecule has 0 atom stereocenters. The minimum Gasteiger partial charge on any atom is -0.352 e. The number of piperazine rings is 1. The zero-order valence-electron chi connectivity index (χ0n) is 14.5. The van der Waals surface area contributed by atoms with Crippen LogP contribution in [-0.2, 0) is 4.79 Å². The van der Waals surface area contributed by atoms with Crippen molar-refractivity contribution in [2.24, 2.45) is 0 Å². The fourth-order valence-electron chi connectivity index (χ4n) is 3.23. The van der Waals surface area contributed by atoms with Crippen molar-refractivity contribution in [3.63, 3.8) is 0 Å². The smallest absolute Gasteiger partial charge is 0.271 e. The Morgan fingerprint density at radius 1 is 1.16 bits per heavy atom. The van der Waals surface area contributed by atoms with Crippen LogP contribution in [0.5, 0.6) is 0 Å². The molecule has 2 heterocycles. The molecule has 0 unspecified atom stereocenters. The van der Waals surface area contributed by atoms with Gasteiger partial charge in [0.05, 0.1) is 0 Å². The Labute approximate surface area is 148 Å². The fourth-order valence-corrected chi connectivity index (χ4v) is 3.23. The number of nitrogens with zero attached hydrogens (tertiary/aromatic N) is 4. The average Bonchev–Trinajstić information content (AvgIpc) is 2.69. The summed E-state index contributed by atoms with van der Waals surface area (Å²) < 4.78 is 0. The molecule has 0 saturated carbocycles. The zero-order chi connectivity index (χ0) is 17.5. The molecule has 2 aliphatic rings. The van der Waals surface area contributed by atoms with Crippen molar-refractivity contribution >= 4 is 18.1 Å². The summed E-state index contributed by atoms with van der Waals surface area (Å²) in [5, 5.41) is 11.1. The van der Waals surface area contributed by atoms with Crippen LogP contribution in [0.25, 0.3) is 0 Å². The topological polar surface area (TPSA) is 78.4 Å². The van der Waals surface area contributed by atoms with Crippen LogP contribution in [-0.4, -0.2) is 60.1 Å². The number of amides is 2. The molecule has 25 heavy (non-hydrogen) atoms. The third kappa shape index (κ3) is 4.78. The Bertz CT molecular complexity index is 621. The van der Waals surface area contributed by atoms with Gasteiger partial charge in [0.2, 0.25) is 6.41 Å². The van der Waals surface area contributed by atoms with E-state index in [1.165, 1.54) is 18.4 Å². The second-order valence-corrected chi connectivity index (χ2v) is 6.52. The Morgan fingerprint density at radius 2 is 2.00 bits per heavy atom. The van der Waals surface area contributed by atoms with Crippen LogP contribution in [0.1, 0.15) is 42.6 Å². The maximum absolute atomic E-state index is 12.2. The third-order valence-electron chi connectivity index (χ3n) is 4.79. The molecule has 0 bridgehead atoms. The van der Waals surface area contributed by atoms with Gasteiger partial charge in [-0.2, -0.15) is 0 Å². The molecule has 2 amide bonds. The molecule has 1 saturated heterocycles. The summed E-state index contributed by atoms with van der Waals surface area (Å²) in [6, 6.07) is 3.53. The van der Waals surface area contributed by atoms with Crippen molar-refractivity contribution < 1.29 is 9.59 Å². The predicted molar refractivity (Wildman–Crippen MR) is 95.4 cm³/mol. The van der Waals surface area contributed by atoms with E-state index in [2.05, 4.69) is 26.5 Å². The SMILES string of the molecule is O=CN1CCN(c2ccc(C(=O)NCCC3=CCCCC3)nn2)CC1. The highest BCUT2D eigenvalue weighted by Crippen LogP contribution is 2.19. The summed E-state index contributed by atoms with van der Waals surface area (Å²) in [4.78, 5) is 26.7. The van der Waals surface area contributed by atoms with Gasteiger partial charge < -0.3 is 15.1 Å². The maximum Gasteiger partial charge on any atom is 0.271 e.